The first-order valence-electron chi connectivity index (χ1n) is 7.55. The second-order valence-corrected chi connectivity index (χ2v) is 8.33. The number of sulfone groups is 1. The van der Waals surface area contributed by atoms with Gasteiger partial charge in [0.1, 0.15) is 5.69 Å². The van der Waals surface area contributed by atoms with Gasteiger partial charge in [0, 0.05) is 24.1 Å². The van der Waals surface area contributed by atoms with E-state index in [-0.39, 0.29) is 21.7 Å². The maximum atomic E-state index is 12.8. The van der Waals surface area contributed by atoms with Crippen molar-refractivity contribution in [1.82, 2.24) is 4.57 Å². The van der Waals surface area contributed by atoms with Gasteiger partial charge in [-0.2, -0.15) is 0 Å². The summed E-state index contributed by atoms with van der Waals surface area (Å²) >= 11 is 6.24. The van der Waals surface area contributed by atoms with Gasteiger partial charge in [-0.25, -0.2) is 8.42 Å². The van der Waals surface area contributed by atoms with Crippen molar-refractivity contribution < 1.29 is 22.7 Å². The van der Waals surface area contributed by atoms with Crippen molar-refractivity contribution in [3.05, 3.63) is 52.3 Å². The van der Waals surface area contributed by atoms with Crippen molar-refractivity contribution >= 4 is 33.2 Å². The maximum Gasteiger partial charge on any atom is 0.314 e. The van der Waals surface area contributed by atoms with E-state index in [1.807, 2.05) is 0 Å². The van der Waals surface area contributed by atoms with Crippen LogP contribution in [0.4, 0.5) is 0 Å². The van der Waals surface area contributed by atoms with Gasteiger partial charge < -0.3 is 9.30 Å². The SMILES string of the molecule is COC(=O)C1CCn2c1cc(Cl)c2C(=O)c1ccc(S(C)(=O)=O)cc1. The lowest BCUT2D eigenvalue weighted by atomic mass is 10.1. The van der Waals surface area contributed by atoms with E-state index < -0.39 is 15.8 Å². The van der Waals surface area contributed by atoms with Gasteiger partial charge in [0.15, 0.2) is 9.84 Å². The van der Waals surface area contributed by atoms with E-state index in [2.05, 4.69) is 0 Å². The van der Waals surface area contributed by atoms with E-state index >= 15 is 0 Å². The average molecular weight is 382 g/mol. The molecule has 3 rings (SSSR count). The van der Waals surface area contributed by atoms with Crippen LogP contribution in [0.25, 0.3) is 0 Å². The minimum atomic E-state index is -3.33. The smallest absolute Gasteiger partial charge is 0.314 e. The number of rotatable bonds is 4. The van der Waals surface area contributed by atoms with Crippen molar-refractivity contribution in [3.63, 3.8) is 0 Å². The molecule has 0 spiro atoms. The Kier molecular flexibility index (Phi) is 4.47. The van der Waals surface area contributed by atoms with E-state index in [9.17, 15) is 18.0 Å². The fourth-order valence-electron chi connectivity index (χ4n) is 3.07. The molecular formula is C17H16ClNO5S. The summed E-state index contributed by atoms with van der Waals surface area (Å²) in [4.78, 5) is 24.8. The van der Waals surface area contributed by atoms with Gasteiger partial charge in [-0.05, 0) is 36.8 Å². The quantitative estimate of drug-likeness (QED) is 0.600. The summed E-state index contributed by atoms with van der Waals surface area (Å²) in [6, 6.07) is 7.32. The number of nitrogens with zero attached hydrogens (tertiary/aromatic N) is 1. The first-order chi connectivity index (χ1) is 11.7. The first-order valence-corrected chi connectivity index (χ1v) is 9.82. The number of carbonyl (C=O) groups is 2. The Morgan fingerprint density at radius 1 is 1.24 bits per heavy atom. The van der Waals surface area contributed by atoms with Gasteiger partial charge in [-0.15, -0.1) is 0 Å². The Labute approximate surface area is 150 Å². The lowest BCUT2D eigenvalue weighted by molar-refractivity contribution is -0.142. The zero-order valence-electron chi connectivity index (χ0n) is 13.7. The number of carbonyl (C=O) groups excluding carboxylic acids is 2. The highest BCUT2D eigenvalue weighted by Crippen LogP contribution is 2.36. The number of hydrogen-bond donors (Lipinski definition) is 0. The summed E-state index contributed by atoms with van der Waals surface area (Å²) < 4.78 is 29.6. The third-order valence-corrected chi connectivity index (χ3v) is 5.74. The molecule has 1 aromatic carbocycles. The minimum Gasteiger partial charge on any atom is -0.469 e. The topological polar surface area (TPSA) is 82.4 Å². The second kappa shape index (κ2) is 6.31. The average Bonchev–Trinajstić information content (AvgIpc) is 3.10. The monoisotopic (exact) mass is 381 g/mol. The Hall–Kier alpha value is -2.12. The summed E-state index contributed by atoms with van der Waals surface area (Å²) in [5.74, 6) is -1.11. The van der Waals surface area contributed by atoms with E-state index in [1.54, 1.807) is 10.6 Å². The van der Waals surface area contributed by atoms with Crippen LogP contribution in [-0.4, -0.2) is 38.1 Å². The van der Waals surface area contributed by atoms with Crippen LogP contribution in [0, 0.1) is 0 Å². The van der Waals surface area contributed by atoms with Crippen molar-refractivity contribution in [3.8, 4) is 0 Å². The highest BCUT2D eigenvalue weighted by molar-refractivity contribution is 7.90. The van der Waals surface area contributed by atoms with Crippen molar-refractivity contribution in [2.24, 2.45) is 0 Å². The predicted octanol–water partition coefficient (Wildman–Crippen LogP) is 2.44. The lowest BCUT2D eigenvalue weighted by Gasteiger charge is -2.07. The molecule has 0 saturated carbocycles. The fraction of sp³-hybridized carbons (Fsp3) is 0.294. The highest BCUT2D eigenvalue weighted by atomic mass is 35.5. The molecule has 1 aliphatic rings. The van der Waals surface area contributed by atoms with Gasteiger partial charge in [-0.1, -0.05) is 11.6 Å². The summed E-state index contributed by atoms with van der Waals surface area (Å²) in [6.45, 7) is 0.490. The predicted molar refractivity (Wildman–Crippen MR) is 91.8 cm³/mol. The van der Waals surface area contributed by atoms with Gasteiger partial charge in [0.25, 0.3) is 0 Å². The van der Waals surface area contributed by atoms with Gasteiger partial charge in [0.05, 0.1) is 22.9 Å². The van der Waals surface area contributed by atoms with Crippen LogP contribution in [0.2, 0.25) is 5.02 Å². The van der Waals surface area contributed by atoms with E-state index in [1.165, 1.54) is 31.4 Å². The standard InChI is InChI=1S/C17H16ClNO5S/c1-24-17(21)12-7-8-19-14(12)9-13(18)15(19)16(20)10-3-5-11(6-4-10)25(2,22)23/h3-6,9,12H,7-8H2,1-2H3. The normalized spacial score (nSPS) is 16.5. The molecule has 132 valence electrons. The second-order valence-electron chi connectivity index (χ2n) is 5.91. The van der Waals surface area contributed by atoms with Gasteiger partial charge in [-0.3, -0.25) is 9.59 Å². The highest BCUT2D eigenvalue weighted by Gasteiger charge is 2.34. The number of halogens is 1. The summed E-state index contributed by atoms with van der Waals surface area (Å²) in [5, 5.41) is 0.265. The molecule has 6 nitrogen and oxygen atoms in total. The molecule has 0 N–H and O–H groups in total. The molecule has 1 unspecified atom stereocenters. The molecule has 25 heavy (non-hydrogen) atoms. The van der Waals surface area contributed by atoms with Crippen molar-refractivity contribution in [2.45, 2.75) is 23.8 Å². The molecule has 0 aliphatic carbocycles. The molecule has 0 amide bonds. The third kappa shape index (κ3) is 3.09. The summed E-state index contributed by atoms with van der Waals surface area (Å²) in [7, 11) is -2.01. The number of methoxy groups -OCH3 is 1. The Bertz CT molecular complexity index is 960. The molecule has 0 radical (unpaired) electrons. The molecule has 0 saturated heterocycles. The molecular weight excluding hydrogens is 366 g/mol. The number of ether oxygens (including phenoxy) is 1. The fourth-order valence-corrected chi connectivity index (χ4v) is 4.00. The number of aromatic nitrogens is 1. The Balaban J connectivity index is 1.98. The Morgan fingerprint density at radius 2 is 1.88 bits per heavy atom. The van der Waals surface area contributed by atoms with Crippen LogP contribution in [-0.2, 0) is 25.9 Å². The van der Waals surface area contributed by atoms with Crippen LogP contribution in [0.3, 0.4) is 0 Å². The number of fused-ring (bicyclic) bond motifs is 1. The van der Waals surface area contributed by atoms with Crippen LogP contribution in [0.15, 0.2) is 35.2 Å². The largest absolute Gasteiger partial charge is 0.469 e. The summed E-state index contributed by atoms with van der Waals surface area (Å²) in [6.07, 6.45) is 1.65. The molecule has 2 aromatic rings. The zero-order chi connectivity index (χ0) is 18.4. The van der Waals surface area contributed by atoms with Gasteiger partial charge in [0.2, 0.25) is 5.78 Å². The molecule has 1 atom stereocenters. The molecule has 1 aliphatic heterocycles. The Morgan fingerprint density at radius 3 is 2.44 bits per heavy atom. The molecule has 0 fully saturated rings. The van der Waals surface area contributed by atoms with Crippen LogP contribution >= 0.6 is 11.6 Å². The van der Waals surface area contributed by atoms with Crippen LogP contribution < -0.4 is 0 Å². The van der Waals surface area contributed by atoms with Crippen molar-refractivity contribution in [1.29, 1.82) is 0 Å². The molecule has 8 heteroatoms. The van der Waals surface area contributed by atoms with E-state index in [0.717, 1.165) is 6.26 Å². The van der Waals surface area contributed by atoms with E-state index in [0.29, 0.717) is 29.9 Å². The van der Waals surface area contributed by atoms with Crippen molar-refractivity contribution in [2.75, 3.05) is 13.4 Å². The maximum absolute atomic E-state index is 12.8. The summed E-state index contributed by atoms with van der Waals surface area (Å²) in [5.41, 5.74) is 1.29. The zero-order valence-corrected chi connectivity index (χ0v) is 15.2. The van der Waals surface area contributed by atoms with Gasteiger partial charge >= 0.3 is 5.97 Å². The third-order valence-electron chi connectivity index (χ3n) is 4.33. The molecule has 1 aromatic heterocycles. The van der Waals surface area contributed by atoms with Crippen LogP contribution in [0.5, 0.6) is 0 Å². The number of ketones is 1. The molecule has 0 bridgehead atoms. The number of benzene rings is 1. The number of hydrogen-bond acceptors (Lipinski definition) is 5. The van der Waals surface area contributed by atoms with Crippen LogP contribution in [0.1, 0.15) is 34.1 Å². The number of esters is 1. The van der Waals surface area contributed by atoms with E-state index in [4.69, 9.17) is 16.3 Å². The first kappa shape index (κ1) is 17.7. The minimum absolute atomic E-state index is 0.140. The molecule has 2 heterocycles. The lowest BCUT2D eigenvalue weighted by Crippen LogP contribution is -2.12.